The quantitative estimate of drug-likeness (QED) is 0.195. The zero-order valence-electron chi connectivity index (χ0n) is 25.9. The lowest BCUT2D eigenvalue weighted by molar-refractivity contribution is 0.607. The van der Waals surface area contributed by atoms with Gasteiger partial charge in [-0.2, -0.15) is 0 Å². The van der Waals surface area contributed by atoms with E-state index in [0.717, 1.165) is 38.6 Å². The average Bonchev–Trinajstić information content (AvgIpc) is 3.49. The molecule has 0 saturated carbocycles. The first kappa shape index (κ1) is 27.8. The molecule has 0 N–H and O–H groups in total. The van der Waals surface area contributed by atoms with Crippen molar-refractivity contribution in [3.05, 3.63) is 151 Å². The Kier molecular flexibility index (Phi) is 6.37. The summed E-state index contributed by atoms with van der Waals surface area (Å²) < 4.78 is 6.42. The van der Waals surface area contributed by atoms with E-state index >= 15 is 0 Å². The third-order valence-corrected chi connectivity index (χ3v) is 10.3. The summed E-state index contributed by atoms with van der Waals surface area (Å²) in [7, 11) is 0. The number of rotatable bonds is 4. The van der Waals surface area contributed by atoms with Crippen molar-refractivity contribution in [1.82, 2.24) is 15.0 Å². The first-order chi connectivity index (χ1) is 23.0. The van der Waals surface area contributed by atoms with E-state index in [1.54, 1.807) is 0 Å². The minimum absolute atomic E-state index is 0.0776. The van der Waals surface area contributed by atoms with Gasteiger partial charge in [-0.15, -0.1) is 0 Å². The third kappa shape index (κ3) is 4.74. The molecule has 224 valence electrons. The zero-order valence-corrected chi connectivity index (χ0v) is 26.8. The van der Waals surface area contributed by atoms with Crippen LogP contribution in [0.5, 0.6) is 0 Å². The molecule has 5 heteroatoms. The number of aromatic nitrogens is 3. The van der Waals surface area contributed by atoms with Gasteiger partial charge in [0.1, 0.15) is 11.2 Å². The SMILES string of the molecule is CC1(C)c2ccccc2Sc2ccc(-c3ccc4oc5cc(-c6nc(-c7ccccc7)nc(-c7ccccc7)n6)ccc5c4c3)cc21. The molecule has 0 bridgehead atoms. The molecule has 4 nitrogen and oxygen atoms in total. The van der Waals surface area contributed by atoms with Crippen molar-refractivity contribution in [1.29, 1.82) is 0 Å². The molecule has 47 heavy (non-hydrogen) atoms. The number of hydrogen-bond donors (Lipinski definition) is 0. The van der Waals surface area contributed by atoms with Crippen LogP contribution in [-0.4, -0.2) is 15.0 Å². The van der Waals surface area contributed by atoms with Crippen molar-refractivity contribution in [2.75, 3.05) is 0 Å². The molecule has 6 aromatic carbocycles. The van der Waals surface area contributed by atoms with Crippen LogP contribution in [0.15, 0.2) is 154 Å². The summed E-state index contributed by atoms with van der Waals surface area (Å²) in [6, 6.07) is 48.5. The first-order valence-corrected chi connectivity index (χ1v) is 16.6. The highest BCUT2D eigenvalue weighted by molar-refractivity contribution is 7.99. The Hall–Kier alpha value is -5.52. The second kappa shape index (κ2) is 10.8. The highest BCUT2D eigenvalue weighted by Gasteiger charge is 2.33. The van der Waals surface area contributed by atoms with Crippen LogP contribution in [0.25, 0.3) is 67.2 Å². The fourth-order valence-corrected chi connectivity index (χ4v) is 8.03. The Morgan fingerprint density at radius 1 is 0.447 bits per heavy atom. The van der Waals surface area contributed by atoms with Gasteiger partial charge in [-0.1, -0.05) is 123 Å². The van der Waals surface area contributed by atoms with Crippen LogP contribution in [0.2, 0.25) is 0 Å². The van der Waals surface area contributed by atoms with E-state index in [4.69, 9.17) is 19.4 Å². The molecule has 8 aromatic rings. The molecule has 2 aromatic heterocycles. The van der Waals surface area contributed by atoms with Crippen molar-refractivity contribution in [2.24, 2.45) is 0 Å². The summed E-state index contributed by atoms with van der Waals surface area (Å²) in [5, 5.41) is 2.15. The standard InChI is InChI=1S/C42H29N3OS/c1-42(2)33-15-9-10-16-37(33)47-38-22-19-29(24-34(38)42)28-18-21-35-32(23-28)31-20-17-30(25-36(31)46-35)41-44-39(26-11-5-3-6-12-26)43-40(45-41)27-13-7-4-8-14-27/h3-25H,1-2H3. The van der Waals surface area contributed by atoms with E-state index in [2.05, 4.69) is 86.6 Å². The van der Waals surface area contributed by atoms with Crippen molar-refractivity contribution >= 4 is 33.7 Å². The van der Waals surface area contributed by atoms with Gasteiger partial charge in [-0.05, 0) is 64.7 Å². The number of nitrogens with zero attached hydrogens (tertiary/aromatic N) is 3. The van der Waals surface area contributed by atoms with Crippen LogP contribution in [0, 0.1) is 0 Å². The molecule has 9 rings (SSSR count). The average molecular weight is 624 g/mol. The van der Waals surface area contributed by atoms with Crippen LogP contribution >= 0.6 is 11.8 Å². The highest BCUT2D eigenvalue weighted by atomic mass is 32.2. The molecule has 0 amide bonds. The Balaban J connectivity index is 1.12. The van der Waals surface area contributed by atoms with Crippen molar-refractivity contribution in [3.63, 3.8) is 0 Å². The van der Waals surface area contributed by atoms with Crippen LogP contribution in [0.3, 0.4) is 0 Å². The smallest absolute Gasteiger partial charge is 0.164 e. The summed E-state index contributed by atoms with van der Waals surface area (Å²) in [6.45, 7) is 4.66. The predicted octanol–water partition coefficient (Wildman–Crippen LogP) is 11.2. The molecule has 0 unspecified atom stereocenters. The van der Waals surface area contributed by atoms with Crippen molar-refractivity contribution in [2.45, 2.75) is 29.1 Å². The molecule has 0 saturated heterocycles. The Morgan fingerprint density at radius 2 is 1.02 bits per heavy atom. The Morgan fingerprint density at radius 3 is 1.74 bits per heavy atom. The maximum absolute atomic E-state index is 6.42. The summed E-state index contributed by atoms with van der Waals surface area (Å²) in [4.78, 5) is 17.3. The second-order valence-electron chi connectivity index (χ2n) is 12.5. The fraction of sp³-hybridized carbons (Fsp3) is 0.0714. The van der Waals surface area contributed by atoms with Gasteiger partial charge in [0.2, 0.25) is 0 Å². The van der Waals surface area contributed by atoms with E-state index < -0.39 is 0 Å². The van der Waals surface area contributed by atoms with Crippen molar-refractivity contribution in [3.8, 4) is 45.3 Å². The number of fused-ring (bicyclic) bond motifs is 5. The van der Waals surface area contributed by atoms with Gasteiger partial charge in [0, 0.05) is 42.7 Å². The molecule has 3 heterocycles. The van der Waals surface area contributed by atoms with Crippen LogP contribution in [0.4, 0.5) is 0 Å². The minimum atomic E-state index is -0.0776. The summed E-state index contributed by atoms with van der Waals surface area (Å²) in [6.07, 6.45) is 0. The van der Waals surface area contributed by atoms with Gasteiger partial charge in [0.25, 0.3) is 0 Å². The molecule has 0 radical (unpaired) electrons. The molecular weight excluding hydrogens is 595 g/mol. The molecule has 0 spiro atoms. The zero-order chi connectivity index (χ0) is 31.5. The van der Waals surface area contributed by atoms with Crippen LogP contribution < -0.4 is 0 Å². The summed E-state index contributed by atoms with van der Waals surface area (Å²) in [5.74, 6) is 1.88. The molecular formula is C42H29N3OS. The van der Waals surface area contributed by atoms with Crippen LogP contribution in [-0.2, 0) is 5.41 Å². The van der Waals surface area contributed by atoms with Gasteiger partial charge in [0.05, 0.1) is 0 Å². The Bertz CT molecular complexity index is 2410. The van der Waals surface area contributed by atoms with E-state index in [0.29, 0.717) is 17.5 Å². The molecule has 1 aliphatic rings. The first-order valence-electron chi connectivity index (χ1n) is 15.8. The molecule has 0 aliphatic carbocycles. The predicted molar refractivity (Wildman–Crippen MR) is 192 cm³/mol. The lowest BCUT2D eigenvalue weighted by Gasteiger charge is -2.34. The van der Waals surface area contributed by atoms with Gasteiger partial charge >= 0.3 is 0 Å². The van der Waals surface area contributed by atoms with Gasteiger partial charge in [-0.25, -0.2) is 15.0 Å². The van der Waals surface area contributed by atoms with Gasteiger partial charge in [-0.3, -0.25) is 0 Å². The number of furan rings is 1. The molecule has 1 aliphatic heterocycles. The molecule has 0 atom stereocenters. The lowest BCUT2D eigenvalue weighted by atomic mass is 9.77. The molecule has 0 fully saturated rings. The van der Waals surface area contributed by atoms with Crippen LogP contribution in [0.1, 0.15) is 25.0 Å². The maximum atomic E-state index is 6.42. The van der Waals surface area contributed by atoms with E-state index in [1.807, 2.05) is 78.5 Å². The largest absolute Gasteiger partial charge is 0.456 e. The number of benzene rings is 6. The van der Waals surface area contributed by atoms with Gasteiger partial charge < -0.3 is 4.42 Å². The highest BCUT2D eigenvalue weighted by Crippen LogP contribution is 2.50. The third-order valence-electron chi connectivity index (χ3n) is 9.20. The monoisotopic (exact) mass is 623 g/mol. The van der Waals surface area contributed by atoms with Crippen molar-refractivity contribution < 1.29 is 4.42 Å². The normalized spacial score (nSPS) is 13.4. The number of hydrogen-bond acceptors (Lipinski definition) is 5. The van der Waals surface area contributed by atoms with E-state index in [-0.39, 0.29) is 5.41 Å². The maximum Gasteiger partial charge on any atom is 0.164 e. The minimum Gasteiger partial charge on any atom is -0.456 e. The Labute approximate surface area is 277 Å². The van der Waals surface area contributed by atoms with E-state index in [9.17, 15) is 0 Å². The topological polar surface area (TPSA) is 51.8 Å². The fourth-order valence-electron chi connectivity index (χ4n) is 6.66. The summed E-state index contributed by atoms with van der Waals surface area (Å²) in [5.41, 5.74) is 9.47. The lowest BCUT2D eigenvalue weighted by Crippen LogP contribution is -2.23. The summed E-state index contributed by atoms with van der Waals surface area (Å²) >= 11 is 1.86. The van der Waals surface area contributed by atoms with E-state index in [1.165, 1.54) is 32.0 Å². The van der Waals surface area contributed by atoms with Gasteiger partial charge in [0.15, 0.2) is 17.5 Å². The second-order valence-corrected chi connectivity index (χ2v) is 13.6.